The van der Waals surface area contributed by atoms with Gasteiger partial charge in [0, 0.05) is 18.6 Å². The number of amides is 1. The molecule has 1 N–H and O–H groups in total. The Labute approximate surface area is 124 Å². The van der Waals surface area contributed by atoms with Gasteiger partial charge in [-0.15, -0.1) is 0 Å². The Kier molecular flexibility index (Phi) is 5.12. The summed E-state index contributed by atoms with van der Waals surface area (Å²) in [5.74, 6) is 1.61. The van der Waals surface area contributed by atoms with Crippen molar-refractivity contribution in [2.24, 2.45) is 5.92 Å². The van der Waals surface area contributed by atoms with E-state index in [2.05, 4.69) is 5.32 Å². The van der Waals surface area contributed by atoms with E-state index in [0.717, 1.165) is 12.8 Å². The minimum absolute atomic E-state index is 0.00557. The van der Waals surface area contributed by atoms with E-state index in [4.69, 9.17) is 21.1 Å². The fraction of sp³-hybridized carbons (Fsp3) is 0.533. The highest BCUT2D eigenvalue weighted by Gasteiger charge is 2.19. The number of benzene rings is 1. The van der Waals surface area contributed by atoms with Crippen molar-refractivity contribution >= 4 is 23.2 Å². The van der Waals surface area contributed by atoms with E-state index in [-0.39, 0.29) is 5.91 Å². The molecule has 1 aliphatic rings. The molecule has 0 spiro atoms. The first-order valence-corrected chi connectivity index (χ1v) is 7.23. The fourth-order valence-corrected chi connectivity index (χ4v) is 2.83. The van der Waals surface area contributed by atoms with Crippen LogP contribution in [-0.4, -0.2) is 20.1 Å². The third kappa shape index (κ3) is 3.57. The van der Waals surface area contributed by atoms with E-state index in [1.807, 2.05) is 0 Å². The lowest BCUT2D eigenvalue weighted by Gasteiger charge is -2.14. The van der Waals surface area contributed by atoms with Gasteiger partial charge in [0.1, 0.15) is 0 Å². The van der Waals surface area contributed by atoms with Crippen LogP contribution < -0.4 is 14.8 Å². The van der Waals surface area contributed by atoms with Crippen molar-refractivity contribution in [3.8, 4) is 11.5 Å². The zero-order valence-electron chi connectivity index (χ0n) is 11.9. The molecule has 4 nitrogen and oxygen atoms in total. The minimum atomic E-state index is 0.00557. The summed E-state index contributed by atoms with van der Waals surface area (Å²) in [6.45, 7) is 0. The van der Waals surface area contributed by atoms with Crippen LogP contribution in [0.15, 0.2) is 12.1 Å². The van der Waals surface area contributed by atoms with Gasteiger partial charge in [0.25, 0.3) is 0 Å². The molecular formula is C15H20ClNO3. The van der Waals surface area contributed by atoms with Crippen LogP contribution >= 0.6 is 11.6 Å². The number of nitrogens with one attached hydrogen (secondary N) is 1. The molecular weight excluding hydrogens is 278 g/mol. The number of hydrogen-bond donors (Lipinski definition) is 1. The molecule has 1 saturated carbocycles. The SMILES string of the molecule is COc1cc(Cl)c(NC(=O)CC2CCCC2)cc1OC. The molecule has 0 radical (unpaired) electrons. The predicted octanol–water partition coefficient (Wildman–Crippen LogP) is 3.88. The molecule has 5 heteroatoms. The van der Waals surface area contributed by atoms with Gasteiger partial charge in [-0.3, -0.25) is 4.79 Å². The molecule has 1 aromatic rings. The zero-order valence-corrected chi connectivity index (χ0v) is 12.6. The first-order valence-electron chi connectivity index (χ1n) is 6.85. The summed E-state index contributed by atoms with van der Waals surface area (Å²) >= 11 is 6.15. The maximum Gasteiger partial charge on any atom is 0.224 e. The Morgan fingerprint density at radius 2 is 1.85 bits per heavy atom. The van der Waals surface area contributed by atoms with Gasteiger partial charge in [-0.2, -0.15) is 0 Å². The van der Waals surface area contributed by atoms with Crippen molar-refractivity contribution in [2.75, 3.05) is 19.5 Å². The van der Waals surface area contributed by atoms with Gasteiger partial charge in [-0.05, 0) is 18.8 Å². The third-order valence-electron chi connectivity index (χ3n) is 3.70. The lowest BCUT2D eigenvalue weighted by molar-refractivity contribution is -0.117. The van der Waals surface area contributed by atoms with E-state index >= 15 is 0 Å². The average Bonchev–Trinajstić information content (AvgIpc) is 2.93. The van der Waals surface area contributed by atoms with Gasteiger partial charge in [-0.1, -0.05) is 24.4 Å². The van der Waals surface area contributed by atoms with Crippen LogP contribution in [-0.2, 0) is 4.79 Å². The summed E-state index contributed by atoms with van der Waals surface area (Å²) in [7, 11) is 3.10. The van der Waals surface area contributed by atoms with Crippen LogP contribution in [0, 0.1) is 5.92 Å². The van der Waals surface area contributed by atoms with E-state index in [1.165, 1.54) is 12.8 Å². The molecule has 0 heterocycles. The van der Waals surface area contributed by atoms with Crippen LogP contribution in [0.5, 0.6) is 11.5 Å². The van der Waals surface area contributed by atoms with Crippen molar-refractivity contribution in [3.63, 3.8) is 0 Å². The molecule has 0 aliphatic heterocycles. The molecule has 0 unspecified atom stereocenters. The monoisotopic (exact) mass is 297 g/mol. The quantitative estimate of drug-likeness (QED) is 0.897. The van der Waals surface area contributed by atoms with E-state index in [0.29, 0.717) is 34.5 Å². The minimum Gasteiger partial charge on any atom is -0.493 e. The number of hydrogen-bond acceptors (Lipinski definition) is 3. The van der Waals surface area contributed by atoms with Crippen molar-refractivity contribution in [1.29, 1.82) is 0 Å². The normalized spacial score (nSPS) is 15.2. The van der Waals surface area contributed by atoms with E-state index in [1.54, 1.807) is 26.4 Å². The first-order chi connectivity index (χ1) is 9.63. The van der Waals surface area contributed by atoms with Crippen LogP contribution in [0.4, 0.5) is 5.69 Å². The Hall–Kier alpha value is -1.42. The summed E-state index contributed by atoms with van der Waals surface area (Å²) in [4.78, 5) is 12.0. The number of methoxy groups -OCH3 is 2. The van der Waals surface area contributed by atoms with Crippen LogP contribution in [0.3, 0.4) is 0 Å². The smallest absolute Gasteiger partial charge is 0.224 e. The molecule has 2 rings (SSSR count). The first kappa shape index (κ1) is 15.0. The number of carbonyl (C=O) groups is 1. The standard InChI is InChI=1S/C15H20ClNO3/c1-19-13-8-11(16)12(9-14(13)20-2)17-15(18)7-10-5-3-4-6-10/h8-10H,3-7H2,1-2H3,(H,17,18). The summed E-state index contributed by atoms with van der Waals surface area (Å²) < 4.78 is 10.4. The molecule has 110 valence electrons. The third-order valence-corrected chi connectivity index (χ3v) is 4.01. The predicted molar refractivity (Wildman–Crippen MR) is 79.8 cm³/mol. The zero-order chi connectivity index (χ0) is 14.5. The van der Waals surface area contributed by atoms with E-state index in [9.17, 15) is 4.79 Å². The number of halogens is 1. The van der Waals surface area contributed by atoms with Gasteiger partial charge < -0.3 is 14.8 Å². The molecule has 1 fully saturated rings. The summed E-state index contributed by atoms with van der Waals surface area (Å²) in [6.07, 6.45) is 5.31. The molecule has 0 atom stereocenters. The van der Waals surface area contributed by atoms with Gasteiger partial charge in [0.2, 0.25) is 5.91 Å². The average molecular weight is 298 g/mol. The number of rotatable bonds is 5. The highest BCUT2D eigenvalue weighted by Crippen LogP contribution is 2.36. The van der Waals surface area contributed by atoms with Crippen LogP contribution in [0.1, 0.15) is 32.1 Å². The summed E-state index contributed by atoms with van der Waals surface area (Å²) in [6, 6.07) is 3.33. The Morgan fingerprint density at radius 3 is 2.45 bits per heavy atom. The Bertz CT molecular complexity index is 484. The molecule has 0 bridgehead atoms. The molecule has 1 aromatic carbocycles. The lowest BCUT2D eigenvalue weighted by atomic mass is 10.0. The van der Waals surface area contributed by atoms with Gasteiger partial charge >= 0.3 is 0 Å². The van der Waals surface area contributed by atoms with Crippen molar-refractivity contribution in [3.05, 3.63) is 17.2 Å². The molecule has 0 aromatic heterocycles. The Morgan fingerprint density at radius 1 is 1.25 bits per heavy atom. The second-order valence-electron chi connectivity index (χ2n) is 5.09. The maximum atomic E-state index is 12.0. The highest BCUT2D eigenvalue weighted by molar-refractivity contribution is 6.34. The van der Waals surface area contributed by atoms with Crippen molar-refractivity contribution in [2.45, 2.75) is 32.1 Å². The second kappa shape index (κ2) is 6.84. The van der Waals surface area contributed by atoms with Gasteiger partial charge in [-0.25, -0.2) is 0 Å². The largest absolute Gasteiger partial charge is 0.493 e. The Balaban J connectivity index is 2.06. The lowest BCUT2D eigenvalue weighted by Crippen LogP contribution is -2.15. The number of ether oxygens (including phenoxy) is 2. The summed E-state index contributed by atoms with van der Waals surface area (Å²) in [5, 5.41) is 3.30. The molecule has 20 heavy (non-hydrogen) atoms. The highest BCUT2D eigenvalue weighted by atomic mass is 35.5. The molecule has 1 aliphatic carbocycles. The number of anilines is 1. The molecule has 0 saturated heterocycles. The van der Waals surface area contributed by atoms with Gasteiger partial charge in [0.15, 0.2) is 11.5 Å². The fourth-order valence-electron chi connectivity index (χ4n) is 2.63. The van der Waals surface area contributed by atoms with Crippen LogP contribution in [0.25, 0.3) is 0 Å². The topological polar surface area (TPSA) is 47.6 Å². The maximum absolute atomic E-state index is 12.0. The molecule has 1 amide bonds. The van der Waals surface area contributed by atoms with Gasteiger partial charge in [0.05, 0.1) is 24.9 Å². The van der Waals surface area contributed by atoms with Crippen LogP contribution in [0.2, 0.25) is 5.02 Å². The van der Waals surface area contributed by atoms with E-state index < -0.39 is 0 Å². The van der Waals surface area contributed by atoms with Crippen molar-refractivity contribution < 1.29 is 14.3 Å². The summed E-state index contributed by atoms with van der Waals surface area (Å²) in [5.41, 5.74) is 0.562. The second-order valence-corrected chi connectivity index (χ2v) is 5.50. The number of carbonyl (C=O) groups excluding carboxylic acids is 1. The van der Waals surface area contributed by atoms with Crippen molar-refractivity contribution in [1.82, 2.24) is 0 Å².